The molecular weight excluding hydrogens is 408 g/mol. The van der Waals surface area contributed by atoms with E-state index >= 15 is 0 Å². The number of nitrogens with one attached hydrogen (secondary N) is 2. The Bertz CT molecular complexity index is 1380. The largest absolute Gasteiger partial charge is 0.507 e. The number of aryl methyl sites for hydroxylation is 1. The molecule has 2 aromatic carbocycles. The van der Waals surface area contributed by atoms with Gasteiger partial charge in [0.1, 0.15) is 16.7 Å². The first-order valence-electron chi connectivity index (χ1n) is 8.89. The zero-order chi connectivity index (χ0) is 21.4. The molecule has 0 atom stereocenters. The van der Waals surface area contributed by atoms with E-state index in [0.29, 0.717) is 22.5 Å². The van der Waals surface area contributed by atoms with E-state index in [1.54, 1.807) is 37.3 Å². The molecule has 0 aliphatic heterocycles. The fourth-order valence-electron chi connectivity index (χ4n) is 3.07. The first-order chi connectivity index (χ1) is 14.3. The molecule has 0 aliphatic rings. The van der Waals surface area contributed by atoms with Gasteiger partial charge >= 0.3 is 4.87 Å². The number of amides is 1. The van der Waals surface area contributed by atoms with Crippen LogP contribution in [0.2, 0.25) is 0 Å². The predicted molar refractivity (Wildman–Crippen MR) is 113 cm³/mol. The van der Waals surface area contributed by atoms with Crippen molar-refractivity contribution >= 4 is 33.9 Å². The topological polar surface area (TPSA) is 133 Å². The molecule has 30 heavy (non-hydrogen) atoms. The molecule has 0 saturated carbocycles. The molecule has 4 aromatic rings. The number of H-pyrrole nitrogens is 1. The quantitative estimate of drug-likeness (QED) is 0.398. The number of rotatable bonds is 4. The van der Waals surface area contributed by atoms with Crippen molar-refractivity contribution in [1.29, 1.82) is 0 Å². The average molecular weight is 424 g/mol. The van der Waals surface area contributed by atoms with Crippen LogP contribution in [-0.4, -0.2) is 21.1 Å². The van der Waals surface area contributed by atoms with Gasteiger partial charge in [-0.1, -0.05) is 23.5 Å². The van der Waals surface area contributed by atoms with Crippen LogP contribution in [0.15, 0.2) is 56.5 Å². The third-order valence-corrected chi connectivity index (χ3v) is 5.33. The molecular formula is C21H16N2O6S. The Labute approximate surface area is 173 Å². The predicted octanol–water partition coefficient (Wildman–Crippen LogP) is 3.11. The zero-order valence-corrected chi connectivity index (χ0v) is 16.5. The Morgan fingerprint density at radius 3 is 2.53 bits per heavy atom. The van der Waals surface area contributed by atoms with Crippen LogP contribution in [0.25, 0.3) is 11.0 Å². The van der Waals surface area contributed by atoms with E-state index in [1.807, 2.05) is 0 Å². The van der Waals surface area contributed by atoms with E-state index in [9.17, 15) is 24.6 Å². The summed E-state index contributed by atoms with van der Waals surface area (Å²) in [6.07, 6.45) is 0.367. The van der Waals surface area contributed by atoms with Crippen molar-refractivity contribution in [3.63, 3.8) is 0 Å². The molecule has 0 radical (unpaired) electrons. The van der Waals surface area contributed by atoms with E-state index in [-0.39, 0.29) is 33.2 Å². The van der Waals surface area contributed by atoms with Gasteiger partial charge in [-0.3, -0.25) is 19.4 Å². The molecule has 0 unspecified atom stereocenters. The average Bonchev–Trinajstić information content (AvgIpc) is 2.99. The van der Waals surface area contributed by atoms with Crippen molar-refractivity contribution in [2.24, 2.45) is 0 Å². The summed E-state index contributed by atoms with van der Waals surface area (Å²) in [6.45, 7) is 1.74. The number of fused-ring (bicyclic) bond motifs is 1. The SMILES string of the molecule is Cc1cc(O)c2c(=O)cc(C(=O)Nc3ccc(Cc4sc(=O)[nH]c4O)cc3)oc2c1. The van der Waals surface area contributed by atoms with E-state index in [1.165, 1.54) is 6.07 Å². The van der Waals surface area contributed by atoms with Gasteiger partial charge in [0.05, 0.1) is 4.88 Å². The minimum absolute atomic E-state index is 0.0248. The van der Waals surface area contributed by atoms with E-state index in [2.05, 4.69) is 10.3 Å². The number of thiazole rings is 1. The molecule has 2 heterocycles. The second-order valence-electron chi connectivity index (χ2n) is 6.75. The molecule has 8 nitrogen and oxygen atoms in total. The van der Waals surface area contributed by atoms with Crippen molar-refractivity contribution in [2.45, 2.75) is 13.3 Å². The lowest BCUT2D eigenvalue weighted by atomic mass is 10.1. The number of phenolic OH excluding ortho intramolecular Hbond substituents is 1. The Morgan fingerprint density at radius 1 is 1.13 bits per heavy atom. The fourth-order valence-corrected chi connectivity index (χ4v) is 3.83. The van der Waals surface area contributed by atoms with E-state index in [0.717, 1.165) is 23.0 Å². The number of aromatic amines is 1. The summed E-state index contributed by atoms with van der Waals surface area (Å²) < 4.78 is 5.52. The second kappa shape index (κ2) is 7.53. The Balaban J connectivity index is 1.54. The lowest BCUT2D eigenvalue weighted by molar-refractivity contribution is 0.0997. The van der Waals surface area contributed by atoms with Crippen LogP contribution < -0.4 is 15.6 Å². The molecule has 4 N–H and O–H groups in total. The second-order valence-corrected chi connectivity index (χ2v) is 7.81. The summed E-state index contributed by atoms with van der Waals surface area (Å²) in [5.74, 6) is -1.12. The van der Waals surface area contributed by atoms with Crippen molar-refractivity contribution in [3.05, 3.63) is 84.1 Å². The van der Waals surface area contributed by atoms with E-state index in [4.69, 9.17) is 4.42 Å². The lowest BCUT2D eigenvalue weighted by Crippen LogP contribution is -2.15. The molecule has 9 heteroatoms. The van der Waals surface area contributed by atoms with Crippen molar-refractivity contribution in [3.8, 4) is 11.6 Å². The Hall–Kier alpha value is -3.85. The standard InChI is InChI=1S/C21H16N2O6S/c1-10-6-13(24)18-14(25)9-16(29-15(18)7-10)19(26)22-12-4-2-11(3-5-12)8-17-20(27)23-21(28)30-17/h2-7,9,24,27H,8H2,1H3,(H,22,26)(H,23,28). The number of anilines is 1. The van der Waals surface area contributed by atoms with Gasteiger partial charge in [-0.15, -0.1) is 0 Å². The van der Waals surface area contributed by atoms with Crippen LogP contribution in [-0.2, 0) is 6.42 Å². The van der Waals surface area contributed by atoms with E-state index < -0.39 is 11.3 Å². The number of hydrogen-bond acceptors (Lipinski definition) is 7. The monoisotopic (exact) mass is 424 g/mol. The number of phenols is 1. The molecule has 152 valence electrons. The fraction of sp³-hybridized carbons (Fsp3) is 0.0952. The first kappa shape index (κ1) is 19.5. The third kappa shape index (κ3) is 3.83. The van der Waals surface area contributed by atoms with Crippen LogP contribution in [0.1, 0.15) is 26.6 Å². The lowest BCUT2D eigenvalue weighted by Gasteiger charge is -2.07. The van der Waals surface area contributed by atoms with Gasteiger partial charge in [0.25, 0.3) is 5.91 Å². The molecule has 0 spiro atoms. The maximum absolute atomic E-state index is 12.5. The summed E-state index contributed by atoms with van der Waals surface area (Å²) in [6, 6.07) is 10.9. The van der Waals surface area contributed by atoms with Crippen LogP contribution in [0.3, 0.4) is 0 Å². The maximum Gasteiger partial charge on any atom is 0.307 e. The van der Waals surface area contributed by atoms with Gasteiger partial charge in [-0.25, -0.2) is 0 Å². The minimum Gasteiger partial charge on any atom is -0.507 e. The molecule has 0 saturated heterocycles. The molecule has 0 aliphatic carbocycles. The van der Waals surface area contributed by atoms with Crippen molar-refractivity contribution in [1.82, 2.24) is 4.98 Å². The number of aromatic nitrogens is 1. The summed E-state index contributed by atoms with van der Waals surface area (Å²) in [4.78, 5) is 38.6. The number of aromatic hydroxyl groups is 2. The molecule has 1 amide bonds. The Kier molecular flexibility index (Phi) is 4.88. The summed E-state index contributed by atoms with van der Waals surface area (Å²) in [5.41, 5.74) is 1.62. The van der Waals surface area contributed by atoms with Gasteiger partial charge in [-0.05, 0) is 42.3 Å². The summed E-state index contributed by atoms with van der Waals surface area (Å²) in [5, 5.41) is 22.3. The van der Waals surface area contributed by atoms with Crippen molar-refractivity contribution < 1.29 is 19.4 Å². The molecule has 0 bridgehead atoms. The van der Waals surface area contributed by atoms with Gasteiger partial charge < -0.3 is 19.9 Å². The third-order valence-electron chi connectivity index (χ3n) is 4.45. The summed E-state index contributed by atoms with van der Waals surface area (Å²) in [7, 11) is 0. The van der Waals surface area contributed by atoms with Gasteiger partial charge in [-0.2, -0.15) is 0 Å². The van der Waals surface area contributed by atoms with Crippen molar-refractivity contribution in [2.75, 3.05) is 5.32 Å². The van der Waals surface area contributed by atoms with Gasteiger partial charge in [0, 0.05) is 18.2 Å². The zero-order valence-electron chi connectivity index (χ0n) is 15.7. The molecule has 2 aromatic heterocycles. The van der Waals surface area contributed by atoms with Crippen LogP contribution in [0.5, 0.6) is 11.6 Å². The number of benzene rings is 2. The highest BCUT2D eigenvalue weighted by atomic mass is 32.1. The highest BCUT2D eigenvalue weighted by Crippen LogP contribution is 2.25. The number of carbonyl (C=O) groups excluding carboxylic acids is 1. The number of hydrogen-bond donors (Lipinski definition) is 4. The smallest absolute Gasteiger partial charge is 0.307 e. The minimum atomic E-state index is -0.607. The normalized spacial score (nSPS) is 11.0. The highest BCUT2D eigenvalue weighted by molar-refractivity contribution is 7.09. The number of carbonyl (C=O) groups is 1. The van der Waals surface area contributed by atoms with Crippen LogP contribution in [0, 0.1) is 6.92 Å². The summed E-state index contributed by atoms with van der Waals surface area (Å²) >= 11 is 0.935. The Morgan fingerprint density at radius 2 is 1.87 bits per heavy atom. The van der Waals surface area contributed by atoms with Gasteiger partial charge in [0.2, 0.25) is 5.88 Å². The van der Waals surface area contributed by atoms with Crippen LogP contribution >= 0.6 is 11.3 Å². The molecule has 4 rings (SSSR count). The van der Waals surface area contributed by atoms with Crippen LogP contribution in [0.4, 0.5) is 5.69 Å². The molecule has 0 fully saturated rings. The van der Waals surface area contributed by atoms with Gasteiger partial charge in [0.15, 0.2) is 11.2 Å². The maximum atomic E-state index is 12.5. The highest BCUT2D eigenvalue weighted by Gasteiger charge is 2.15. The first-order valence-corrected chi connectivity index (χ1v) is 9.70.